The van der Waals surface area contributed by atoms with E-state index in [9.17, 15) is 32.3 Å². The van der Waals surface area contributed by atoms with Crippen molar-refractivity contribution < 1.29 is 50.5 Å². The summed E-state index contributed by atoms with van der Waals surface area (Å²) in [6.45, 7) is 3.08. The number of carbonyl (C=O) groups excluding carboxylic acids is 2. The standard InChI is InChI=1S/C29H28F6O5S/c1-25-8-7-16(36)9-19(25)20(31)10-18-17-11-22-28(24(38)41-13-30,26(17,2)12-21(37)27(18,25)32)40-23(39-22)14-3-5-15(6-4-14)29(33,34)35/h3-9,17-18,20-23,37H,10-13H2,1-2H3/t17-,18-,20-,21-,22+,23?,25-,26-,27-,28-/m0/s1. The zero-order valence-electron chi connectivity index (χ0n) is 22.1. The molecule has 4 fully saturated rings. The van der Waals surface area contributed by atoms with Gasteiger partial charge in [0.1, 0.15) is 12.2 Å². The van der Waals surface area contributed by atoms with E-state index in [-0.39, 0.29) is 30.4 Å². The number of rotatable bonds is 3. The molecule has 1 aromatic carbocycles. The van der Waals surface area contributed by atoms with E-state index in [1.165, 1.54) is 13.0 Å². The predicted molar refractivity (Wildman–Crippen MR) is 135 cm³/mol. The van der Waals surface area contributed by atoms with Crippen molar-refractivity contribution in [3.63, 3.8) is 0 Å². The molecule has 5 nitrogen and oxygen atoms in total. The lowest BCUT2D eigenvalue weighted by atomic mass is 9.44. The first kappa shape index (κ1) is 28.9. The summed E-state index contributed by atoms with van der Waals surface area (Å²) in [5.74, 6) is -2.34. The van der Waals surface area contributed by atoms with Crippen molar-refractivity contribution in [2.75, 3.05) is 6.01 Å². The molecule has 4 aliphatic carbocycles. The Labute approximate surface area is 236 Å². The second kappa shape index (κ2) is 9.17. The lowest BCUT2D eigenvalue weighted by Crippen LogP contribution is -2.70. The summed E-state index contributed by atoms with van der Waals surface area (Å²) in [6, 6.07) is 2.93. The molecule has 1 saturated heterocycles. The van der Waals surface area contributed by atoms with Gasteiger partial charge in [-0.2, -0.15) is 13.2 Å². The molecule has 41 heavy (non-hydrogen) atoms. The van der Waals surface area contributed by atoms with Crippen molar-refractivity contribution in [3.8, 4) is 0 Å². The number of ketones is 1. The highest BCUT2D eigenvalue weighted by molar-refractivity contribution is 8.13. The summed E-state index contributed by atoms with van der Waals surface area (Å²) >= 11 is 0.334. The van der Waals surface area contributed by atoms with Gasteiger partial charge >= 0.3 is 6.18 Å². The third kappa shape index (κ3) is 3.69. The van der Waals surface area contributed by atoms with Gasteiger partial charge in [0, 0.05) is 22.3 Å². The Morgan fingerprint density at radius 2 is 1.83 bits per heavy atom. The maximum absolute atomic E-state index is 17.4. The van der Waals surface area contributed by atoms with E-state index in [0.29, 0.717) is 11.8 Å². The molecule has 1 aliphatic heterocycles. The van der Waals surface area contributed by atoms with E-state index >= 15 is 8.78 Å². The quantitative estimate of drug-likeness (QED) is 0.430. The number of allylic oxidation sites excluding steroid dienone is 4. The van der Waals surface area contributed by atoms with Gasteiger partial charge in [0.25, 0.3) is 0 Å². The molecule has 12 heteroatoms. The Morgan fingerprint density at radius 3 is 2.46 bits per heavy atom. The smallest absolute Gasteiger partial charge is 0.390 e. The summed E-state index contributed by atoms with van der Waals surface area (Å²) < 4.78 is 98.3. The third-order valence-corrected chi connectivity index (χ3v) is 11.0. The number of alkyl halides is 6. The molecule has 0 aromatic heterocycles. The summed E-state index contributed by atoms with van der Waals surface area (Å²) in [5.41, 5.74) is -7.99. The van der Waals surface area contributed by atoms with Crippen LogP contribution >= 0.6 is 11.8 Å². The number of hydrogen-bond acceptors (Lipinski definition) is 6. The molecule has 5 aliphatic rings. The Hall–Kier alpha value is -2.15. The molecular weight excluding hydrogens is 574 g/mol. The highest BCUT2D eigenvalue weighted by Crippen LogP contribution is 2.73. The van der Waals surface area contributed by atoms with E-state index < -0.39 is 87.3 Å². The number of halogens is 6. The van der Waals surface area contributed by atoms with Crippen molar-refractivity contribution in [1.82, 2.24) is 0 Å². The Balaban J connectivity index is 1.41. The number of ether oxygens (including phenoxy) is 2. The summed E-state index contributed by atoms with van der Waals surface area (Å²) in [6.07, 6.45) is -7.43. The van der Waals surface area contributed by atoms with Gasteiger partial charge in [0.2, 0.25) is 5.12 Å². The van der Waals surface area contributed by atoms with Gasteiger partial charge in [-0.1, -0.05) is 36.9 Å². The number of aliphatic hydroxyl groups is 1. The van der Waals surface area contributed by atoms with E-state index in [4.69, 9.17) is 9.47 Å². The number of fused-ring (bicyclic) bond motifs is 7. The highest BCUT2D eigenvalue weighted by Gasteiger charge is 2.80. The average molecular weight is 603 g/mol. The molecule has 0 amide bonds. The molecule has 1 heterocycles. The van der Waals surface area contributed by atoms with Crippen LogP contribution in [0, 0.1) is 22.7 Å². The second-order valence-corrected chi connectivity index (χ2v) is 12.9. The molecule has 1 aromatic rings. The Kier molecular flexibility index (Phi) is 6.48. The van der Waals surface area contributed by atoms with Crippen LogP contribution < -0.4 is 0 Å². The number of benzene rings is 1. The largest absolute Gasteiger partial charge is 0.416 e. The van der Waals surface area contributed by atoms with Crippen LogP contribution in [0.1, 0.15) is 50.5 Å². The molecule has 222 valence electrons. The van der Waals surface area contributed by atoms with Crippen molar-refractivity contribution in [1.29, 1.82) is 0 Å². The van der Waals surface area contributed by atoms with Gasteiger partial charge in [0.05, 0.1) is 17.8 Å². The van der Waals surface area contributed by atoms with Crippen LogP contribution in [0.15, 0.2) is 48.1 Å². The first-order valence-electron chi connectivity index (χ1n) is 13.3. The molecular formula is C29H28F6O5S. The van der Waals surface area contributed by atoms with E-state index in [1.54, 1.807) is 6.92 Å². The molecule has 1 N–H and O–H groups in total. The molecule has 10 atom stereocenters. The number of aliphatic hydroxyl groups excluding tert-OH is 1. The third-order valence-electron chi connectivity index (χ3n) is 10.4. The molecule has 0 bridgehead atoms. The Bertz CT molecular complexity index is 1350. The first-order chi connectivity index (χ1) is 19.1. The van der Waals surface area contributed by atoms with Crippen LogP contribution in [0.25, 0.3) is 0 Å². The van der Waals surface area contributed by atoms with Crippen LogP contribution in [0.4, 0.5) is 26.3 Å². The lowest BCUT2D eigenvalue weighted by Gasteiger charge is -2.63. The number of carbonyl (C=O) groups is 2. The monoisotopic (exact) mass is 602 g/mol. The van der Waals surface area contributed by atoms with E-state index in [2.05, 4.69) is 0 Å². The van der Waals surface area contributed by atoms with Gasteiger partial charge in [-0.25, -0.2) is 13.2 Å². The van der Waals surface area contributed by atoms with Gasteiger partial charge < -0.3 is 14.6 Å². The number of hydrogen-bond donors (Lipinski definition) is 1. The minimum absolute atomic E-state index is 0.0137. The molecule has 0 radical (unpaired) electrons. The van der Waals surface area contributed by atoms with Crippen LogP contribution in [-0.4, -0.2) is 51.7 Å². The van der Waals surface area contributed by atoms with Crippen molar-refractivity contribution >= 4 is 22.7 Å². The Morgan fingerprint density at radius 1 is 1.15 bits per heavy atom. The molecule has 0 spiro atoms. The molecule has 6 rings (SSSR count). The van der Waals surface area contributed by atoms with E-state index in [0.717, 1.165) is 36.4 Å². The normalized spacial score (nSPS) is 45.0. The fraction of sp³-hybridized carbons (Fsp3) is 0.586. The molecule has 1 unspecified atom stereocenters. The van der Waals surface area contributed by atoms with Crippen molar-refractivity contribution in [2.24, 2.45) is 22.7 Å². The zero-order chi connectivity index (χ0) is 29.8. The summed E-state index contributed by atoms with van der Waals surface area (Å²) in [5, 5.41) is 10.8. The minimum Gasteiger partial charge on any atom is -0.390 e. The van der Waals surface area contributed by atoms with Crippen LogP contribution in [-0.2, 0) is 25.2 Å². The minimum atomic E-state index is -4.57. The average Bonchev–Trinajstić information content (AvgIpc) is 3.40. The van der Waals surface area contributed by atoms with Crippen molar-refractivity contribution in [2.45, 2.75) is 75.2 Å². The van der Waals surface area contributed by atoms with Gasteiger partial charge in [-0.05, 0) is 62.0 Å². The summed E-state index contributed by atoms with van der Waals surface area (Å²) in [4.78, 5) is 25.7. The highest BCUT2D eigenvalue weighted by atomic mass is 32.2. The topological polar surface area (TPSA) is 72.8 Å². The van der Waals surface area contributed by atoms with Crippen LogP contribution in [0.2, 0.25) is 0 Å². The second-order valence-electron chi connectivity index (χ2n) is 12.1. The molecule has 3 saturated carbocycles. The number of thioether (sulfide) groups is 1. The van der Waals surface area contributed by atoms with Gasteiger partial charge in [-0.15, -0.1) is 0 Å². The lowest BCUT2D eigenvalue weighted by molar-refractivity contribution is -0.232. The maximum Gasteiger partial charge on any atom is 0.416 e. The van der Waals surface area contributed by atoms with Crippen LogP contribution in [0.5, 0.6) is 0 Å². The first-order valence-corrected chi connectivity index (χ1v) is 14.3. The van der Waals surface area contributed by atoms with Crippen molar-refractivity contribution in [3.05, 3.63) is 59.2 Å². The van der Waals surface area contributed by atoms with Crippen LogP contribution in [0.3, 0.4) is 0 Å². The van der Waals surface area contributed by atoms with Gasteiger partial charge in [0.15, 0.2) is 23.3 Å². The fourth-order valence-electron chi connectivity index (χ4n) is 8.43. The SMILES string of the molecule is C[C@]12C=CC(=O)C=C1[C@@H](F)C[C@H]1[C@@H]3C[C@H]4OC(c5ccc(C(F)(F)F)cc5)O[C@@]4(C(=O)SCF)[C@@]3(C)C[C@H](O)[C@@]12F. The zero-order valence-corrected chi connectivity index (χ0v) is 22.9. The van der Waals surface area contributed by atoms with Gasteiger partial charge in [-0.3, -0.25) is 9.59 Å². The predicted octanol–water partition coefficient (Wildman–Crippen LogP) is 5.97. The summed E-state index contributed by atoms with van der Waals surface area (Å²) in [7, 11) is 0. The maximum atomic E-state index is 17.4. The van der Waals surface area contributed by atoms with E-state index in [1.807, 2.05) is 0 Å². The fourth-order valence-corrected chi connectivity index (χ4v) is 9.16.